The quantitative estimate of drug-likeness (QED) is 0.523. The zero-order valence-corrected chi connectivity index (χ0v) is 20.4. The van der Waals surface area contributed by atoms with Crippen LogP contribution in [0.25, 0.3) is 0 Å². The summed E-state index contributed by atoms with van der Waals surface area (Å²) < 4.78 is 28.4. The molecule has 0 saturated carbocycles. The second-order valence-electron chi connectivity index (χ2n) is 9.12. The average molecular weight is 494 g/mol. The van der Waals surface area contributed by atoms with Gasteiger partial charge in [0.2, 0.25) is 0 Å². The van der Waals surface area contributed by atoms with E-state index >= 15 is 0 Å². The van der Waals surface area contributed by atoms with Crippen molar-refractivity contribution in [2.45, 2.75) is 50.7 Å². The topological polar surface area (TPSA) is 69.1 Å². The minimum absolute atomic E-state index is 0.00652. The molecule has 2 N–H and O–H groups in total. The normalized spacial score (nSPS) is 25.5. The highest BCUT2D eigenvalue weighted by molar-refractivity contribution is 6.05. The standard InChI is InChI=1S/C28H33F2N5O/c29-23-11-8-12-24(30)27(23)28(36)33-22-10-7-9-21(19-22)25(14-18-35-16-5-6-17-35)34-26-13-3-1-2-4-15-31-20-32-26/h3-4,7-11,13,15,19-20,24-25H,1-2,5-6,12,14,16-18H2,(H,33,36)(H,31,32,34)/b13-3+,15-4+. The summed E-state index contributed by atoms with van der Waals surface area (Å²) in [5, 5.41) is 6.22. The number of benzene rings is 1. The van der Waals surface area contributed by atoms with Gasteiger partial charge < -0.3 is 15.5 Å². The molecule has 36 heavy (non-hydrogen) atoms. The van der Waals surface area contributed by atoms with Crippen molar-refractivity contribution < 1.29 is 13.6 Å². The van der Waals surface area contributed by atoms with Gasteiger partial charge in [0.15, 0.2) is 0 Å². The van der Waals surface area contributed by atoms with Crippen molar-refractivity contribution in [3.8, 4) is 0 Å². The fraction of sp³-hybridized carbons (Fsp3) is 0.393. The molecule has 1 saturated heterocycles. The first kappa shape index (κ1) is 25.7. The Morgan fingerprint density at radius 1 is 1.14 bits per heavy atom. The SMILES string of the molecule is O=C(Nc1cccc(C(CCN2CCCC2)NC2=N/C=N\C=C\CC\C=C\2)c1)C1=C(F)C=CCC1F. The van der Waals surface area contributed by atoms with E-state index in [0.29, 0.717) is 11.5 Å². The Hall–Kier alpha value is -3.39. The lowest BCUT2D eigenvalue weighted by atomic mass is 10.00. The molecule has 2 atom stereocenters. The van der Waals surface area contributed by atoms with Crippen LogP contribution in [0.5, 0.6) is 0 Å². The molecule has 1 aliphatic carbocycles. The first-order valence-electron chi connectivity index (χ1n) is 12.6. The van der Waals surface area contributed by atoms with Crippen molar-refractivity contribution in [2.75, 3.05) is 25.0 Å². The van der Waals surface area contributed by atoms with E-state index in [1.54, 1.807) is 12.3 Å². The highest BCUT2D eigenvalue weighted by Crippen LogP contribution is 2.26. The lowest BCUT2D eigenvalue weighted by molar-refractivity contribution is -0.113. The minimum atomic E-state index is -1.65. The van der Waals surface area contributed by atoms with Crippen LogP contribution in [-0.4, -0.2) is 48.8 Å². The molecule has 8 heteroatoms. The van der Waals surface area contributed by atoms with Crippen LogP contribution in [0.1, 0.15) is 50.1 Å². The molecule has 2 unspecified atom stereocenters. The fourth-order valence-corrected chi connectivity index (χ4v) is 4.53. The molecule has 0 spiro atoms. The number of hydrogen-bond donors (Lipinski definition) is 2. The monoisotopic (exact) mass is 493 g/mol. The number of amidine groups is 1. The second kappa shape index (κ2) is 13.1. The van der Waals surface area contributed by atoms with E-state index in [-0.39, 0.29) is 12.5 Å². The van der Waals surface area contributed by atoms with Crippen LogP contribution in [0.3, 0.4) is 0 Å². The van der Waals surface area contributed by atoms with Crippen LogP contribution >= 0.6 is 0 Å². The molecule has 3 aliphatic rings. The van der Waals surface area contributed by atoms with Gasteiger partial charge in [-0.05, 0) is 75.0 Å². The van der Waals surface area contributed by atoms with Gasteiger partial charge >= 0.3 is 0 Å². The van der Waals surface area contributed by atoms with Gasteiger partial charge in [0.1, 0.15) is 24.2 Å². The van der Waals surface area contributed by atoms with Gasteiger partial charge in [-0.1, -0.05) is 30.4 Å². The Morgan fingerprint density at radius 2 is 1.97 bits per heavy atom. The van der Waals surface area contributed by atoms with E-state index in [0.717, 1.165) is 50.5 Å². The summed E-state index contributed by atoms with van der Waals surface area (Å²) in [6.45, 7) is 3.13. The Bertz CT molecular complexity index is 1100. The number of hydrogen-bond acceptors (Lipinski definition) is 5. The van der Waals surface area contributed by atoms with Crippen LogP contribution in [0, 0.1) is 0 Å². The van der Waals surface area contributed by atoms with E-state index in [2.05, 4.69) is 31.6 Å². The van der Waals surface area contributed by atoms with E-state index in [4.69, 9.17) is 0 Å². The molecule has 0 aromatic heterocycles. The molecule has 1 aromatic carbocycles. The number of nitrogens with one attached hydrogen (secondary N) is 2. The van der Waals surface area contributed by atoms with Crippen LogP contribution in [0.4, 0.5) is 14.5 Å². The van der Waals surface area contributed by atoms with E-state index in [9.17, 15) is 13.6 Å². The highest BCUT2D eigenvalue weighted by atomic mass is 19.1. The first-order valence-corrected chi connectivity index (χ1v) is 12.6. The molecule has 1 fully saturated rings. The predicted molar refractivity (Wildman–Crippen MR) is 141 cm³/mol. The van der Waals surface area contributed by atoms with Crippen LogP contribution in [-0.2, 0) is 4.79 Å². The molecular formula is C28H33F2N5O. The van der Waals surface area contributed by atoms with Crippen molar-refractivity contribution >= 4 is 23.8 Å². The van der Waals surface area contributed by atoms with Crippen LogP contribution in [0.15, 0.2) is 82.2 Å². The third kappa shape index (κ3) is 7.31. The van der Waals surface area contributed by atoms with Crippen molar-refractivity contribution in [3.05, 3.63) is 77.8 Å². The van der Waals surface area contributed by atoms with Gasteiger partial charge in [0, 0.05) is 24.9 Å². The zero-order valence-electron chi connectivity index (χ0n) is 20.4. The third-order valence-electron chi connectivity index (χ3n) is 6.45. The van der Waals surface area contributed by atoms with Gasteiger partial charge in [-0.3, -0.25) is 4.79 Å². The van der Waals surface area contributed by atoms with Crippen molar-refractivity contribution in [3.63, 3.8) is 0 Å². The third-order valence-corrected chi connectivity index (χ3v) is 6.45. The molecular weight excluding hydrogens is 460 g/mol. The zero-order chi connectivity index (χ0) is 25.2. The molecule has 2 heterocycles. The number of likely N-dealkylation sites (tertiary alicyclic amines) is 1. The van der Waals surface area contributed by atoms with Gasteiger partial charge in [0.05, 0.1) is 11.6 Å². The average Bonchev–Trinajstić information content (AvgIpc) is 3.39. The second-order valence-corrected chi connectivity index (χ2v) is 9.12. The summed E-state index contributed by atoms with van der Waals surface area (Å²) in [5.41, 5.74) is 0.982. The number of nitrogens with zero attached hydrogens (tertiary/aromatic N) is 3. The van der Waals surface area contributed by atoms with Gasteiger partial charge in [0.25, 0.3) is 5.91 Å². The molecule has 1 aromatic rings. The van der Waals surface area contributed by atoms with E-state index in [1.165, 1.54) is 25.3 Å². The summed E-state index contributed by atoms with van der Waals surface area (Å²) in [7, 11) is 0. The maximum absolute atomic E-state index is 14.2. The summed E-state index contributed by atoms with van der Waals surface area (Å²) in [4.78, 5) is 23.8. The maximum Gasteiger partial charge on any atom is 0.257 e. The molecule has 6 nitrogen and oxygen atoms in total. The number of rotatable bonds is 7. The van der Waals surface area contributed by atoms with Crippen molar-refractivity contribution in [1.82, 2.24) is 10.2 Å². The van der Waals surface area contributed by atoms with Crippen molar-refractivity contribution in [1.29, 1.82) is 0 Å². The Balaban J connectivity index is 1.54. The Kier molecular flexibility index (Phi) is 9.33. The Labute approximate surface area is 211 Å². The molecule has 190 valence electrons. The smallest absolute Gasteiger partial charge is 0.257 e. The van der Waals surface area contributed by atoms with E-state index < -0.39 is 23.5 Å². The number of allylic oxidation sites excluding steroid dienone is 5. The Morgan fingerprint density at radius 3 is 2.81 bits per heavy atom. The number of aliphatic imine (C=N–C) groups is 2. The molecule has 4 rings (SSSR count). The lowest BCUT2D eigenvalue weighted by Gasteiger charge is -2.24. The number of anilines is 1. The number of carbonyl (C=O) groups excluding carboxylic acids is 1. The summed E-state index contributed by atoms with van der Waals surface area (Å²) in [6, 6.07) is 7.32. The molecule has 2 aliphatic heterocycles. The minimum Gasteiger partial charge on any atom is -0.363 e. The number of carbonyl (C=O) groups is 1. The summed E-state index contributed by atoms with van der Waals surface area (Å²) >= 11 is 0. The van der Waals surface area contributed by atoms with Crippen LogP contribution in [0.2, 0.25) is 0 Å². The summed E-state index contributed by atoms with van der Waals surface area (Å²) in [6.07, 6.45) is 15.3. The number of alkyl halides is 1. The highest BCUT2D eigenvalue weighted by Gasteiger charge is 2.26. The fourth-order valence-electron chi connectivity index (χ4n) is 4.53. The summed E-state index contributed by atoms with van der Waals surface area (Å²) in [5.74, 6) is -0.881. The van der Waals surface area contributed by atoms with Crippen molar-refractivity contribution in [2.24, 2.45) is 9.98 Å². The molecule has 0 radical (unpaired) electrons. The van der Waals surface area contributed by atoms with Crippen LogP contribution < -0.4 is 10.6 Å². The largest absolute Gasteiger partial charge is 0.363 e. The number of amides is 1. The predicted octanol–water partition coefficient (Wildman–Crippen LogP) is 5.55. The lowest BCUT2D eigenvalue weighted by Crippen LogP contribution is -2.31. The van der Waals surface area contributed by atoms with Gasteiger partial charge in [-0.2, -0.15) is 0 Å². The van der Waals surface area contributed by atoms with Gasteiger partial charge in [-0.15, -0.1) is 0 Å². The molecule has 1 amide bonds. The maximum atomic E-state index is 14.2. The first-order chi connectivity index (χ1) is 17.6. The van der Waals surface area contributed by atoms with E-state index in [1.807, 2.05) is 30.4 Å². The number of halogens is 2. The molecule has 0 bridgehead atoms. The van der Waals surface area contributed by atoms with Gasteiger partial charge in [-0.25, -0.2) is 18.8 Å².